The van der Waals surface area contributed by atoms with Gasteiger partial charge in [0.1, 0.15) is 17.5 Å². The van der Waals surface area contributed by atoms with Crippen LogP contribution >= 0.6 is 0 Å². The number of amides is 1. The number of carbonyl (C=O) groups excluding carboxylic acids is 1. The van der Waals surface area contributed by atoms with Crippen molar-refractivity contribution in [3.05, 3.63) is 41.9 Å². The minimum atomic E-state index is -0.315. The Morgan fingerprint density at radius 3 is 2.97 bits per heavy atom. The first-order valence-corrected chi connectivity index (χ1v) is 10.9. The van der Waals surface area contributed by atoms with Crippen LogP contribution in [0, 0.1) is 6.92 Å². The lowest BCUT2D eigenvalue weighted by Crippen LogP contribution is -2.49. The summed E-state index contributed by atoms with van der Waals surface area (Å²) < 4.78 is 13.3. The third-order valence-electron chi connectivity index (χ3n) is 5.69. The van der Waals surface area contributed by atoms with E-state index in [1.807, 2.05) is 23.6 Å². The molecular weight excluding hydrogens is 410 g/mol. The number of hydrogen-bond donors (Lipinski definition) is 2. The maximum Gasteiger partial charge on any atom is 0.262 e. The van der Waals surface area contributed by atoms with E-state index in [4.69, 9.17) is 9.47 Å². The molecule has 2 atom stereocenters. The Balaban J connectivity index is 1.36. The fourth-order valence-electron chi connectivity index (χ4n) is 4.08. The molecule has 10 heteroatoms. The number of anilines is 2. The zero-order chi connectivity index (χ0) is 22.1. The Labute approximate surface area is 185 Å². The number of rotatable bonds is 5. The largest absolute Gasteiger partial charge is 0.487 e. The van der Waals surface area contributed by atoms with Crippen LogP contribution in [0.15, 0.2) is 30.6 Å². The minimum Gasteiger partial charge on any atom is -0.487 e. The highest BCUT2D eigenvalue weighted by atomic mass is 16.5. The van der Waals surface area contributed by atoms with Crippen molar-refractivity contribution < 1.29 is 14.3 Å². The third-order valence-corrected chi connectivity index (χ3v) is 5.69. The number of nitrogens with one attached hydrogen (secondary N) is 2. The van der Waals surface area contributed by atoms with Crippen molar-refractivity contribution in [2.24, 2.45) is 0 Å². The van der Waals surface area contributed by atoms with E-state index in [1.54, 1.807) is 18.3 Å². The second-order valence-electron chi connectivity index (χ2n) is 8.33. The Hall–Kier alpha value is -3.24. The molecule has 3 aromatic rings. The Morgan fingerprint density at radius 2 is 2.22 bits per heavy atom. The molecule has 5 heterocycles. The van der Waals surface area contributed by atoms with Crippen LogP contribution < -0.4 is 20.3 Å². The molecule has 0 radical (unpaired) electrons. The van der Waals surface area contributed by atoms with Crippen LogP contribution in [0.25, 0.3) is 5.65 Å². The standard InChI is InChI=1S/C22H27N7O3/c1-14-10-28(7-6-23-14)20-4-3-19(26-27-20)25-22(30)17-12-29-11-15(2)24-21(29)9-18(17)32-16-5-8-31-13-16/h3-4,9,11-12,14,16,23H,5-8,10,13H2,1-2H3,(H,25,26,30)/t14-,16?/m0/s1. The van der Waals surface area contributed by atoms with Gasteiger partial charge in [-0.3, -0.25) is 4.79 Å². The SMILES string of the molecule is Cc1cn2cc(C(=O)Nc3ccc(N4CCN[C@@H](C)C4)nn3)c(OC3CCOC3)cc2n1. The molecule has 2 saturated heterocycles. The minimum absolute atomic E-state index is 0.0828. The van der Waals surface area contributed by atoms with Gasteiger partial charge in [-0.25, -0.2) is 4.98 Å². The van der Waals surface area contributed by atoms with Crippen LogP contribution in [-0.2, 0) is 4.74 Å². The fraction of sp³-hybridized carbons (Fsp3) is 0.455. The van der Waals surface area contributed by atoms with Gasteiger partial charge in [0.25, 0.3) is 5.91 Å². The van der Waals surface area contributed by atoms with Crippen molar-refractivity contribution in [2.75, 3.05) is 43.1 Å². The third kappa shape index (κ3) is 4.37. The van der Waals surface area contributed by atoms with Gasteiger partial charge in [0.05, 0.1) is 24.5 Å². The molecule has 5 rings (SSSR count). The molecule has 168 valence electrons. The molecule has 10 nitrogen and oxygen atoms in total. The van der Waals surface area contributed by atoms with Gasteiger partial charge in [0.2, 0.25) is 0 Å². The van der Waals surface area contributed by atoms with E-state index < -0.39 is 0 Å². The highest BCUT2D eigenvalue weighted by Gasteiger charge is 2.23. The number of aromatic nitrogens is 4. The summed E-state index contributed by atoms with van der Waals surface area (Å²) in [5.74, 6) is 1.36. The Kier molecular flexibility index (Phi) is 5.62. The lowest BCUT2D eigenvalue weighted by Gasteiger charge is -2.32. The Bertz CT molecular complexity index is 1110. The molecule has 0 bridgehead atoms. The van der Waals surface area contributed by atoms with Crippen LogP contribution in [-0.4, -0.2) is 70.5 Å². The van der Waals surface area contributed by atoms with Gasteiger partial charge in [0, 0.05) is 50.6 Å². The lowest BCUT2D eigenvalue weighted by atomic mass is 10.2. The fourth-order valence-corrected chi connectivity index (χ4v) is 4.08. The summed E-state index contributed by atoms with van der Waals surface area (Å²) in [5, 5.41) is 14.8. The summed E-state index contributed by atoms with van der Waals surface area (Å²) in [6.07, 6.45) is 4.31. The number of pyridine rings is 1. The van der Waals surface area contributed by atoms with Crippen LogP contribution in [0.4, 0.5) is 11.6 Å². The smallest absolute Gasteiger partial charge is 0.262 e. The van der Waals surface area contributed by atoms with E-state index in [1.165, 1.54) is 0 Å². The summed E-state index contributed by atoms with van der Waals surface area (Å²) in [6, 6.07) is 5.85. The predicted molar refractivity (Wildman–Crippen MR) is 119 cm³/mol. The van der Waals surface area contributed by atoms with Crippen molar-refractivity contribution >= 4 is 23.2 Å². The number of imidazole rings is 1. The molecule has 2 N–H and O–H groups in total. The zero-order valence-electron chi connectivity index (χ0n) is 18.2. The molecule has 0 spiro atoms. The number of hydrogen-bond acceptors (Lipinski definition) is 8. The van der Waals surface area contributed by atoms with E-state index in [2.05, 4.69) is 37.6 Å². The average Bonchev–Trinajstić information content (AvgIpc) is 3.42. The molecule has 2 fully saturated rings. The molecule has 0 saturated carbocycles. The highest BCUT2D eigenvalue weighted by molar-refractivity contribution is 6.05. The number of aryl methyl sites for hydroxylation is 1. The monoisotopic (exact) mass is 437 g/mol. The molecule has 0 aliphatic carbocycles. The number of carbonyl (C=O) groups is 1. The molecule has 0 aromatic carbocycles. The van der Waals surface area contributed by atoms with Gasteiger partial charge in [-0.15, -0.1) is 10.2 Å². The zero-order valence-corrected chi connectivity index (χ0v) is 18.2. The Morgan fingerprint density at radius 1 is 1.31 bits per heavy atom. The predicted octanol–water partition coefficient (Wildman–Crippen LogP) is 1.65. The van der Waals surface area contributed by atoms with Crippen LogP contribution in [0.1, 0.15) is 29.4 Å². The van der Waals surface area contributed by atoms with Crippen molar-refractivity contribution in [3.63, 3.8) is 0 Å². The first-order valence-electron chi connectivity index (χ1n) is 10.9. The number of ether oxygens (including phenoxy) is 2. The first-order chi connectivity index (χ1) is 15.5. The maximum absolute atomic E-state index is 13.1. The molecule has 2 aliphatic heterocycles. The summed E-state index contributed by atoms with van der Waals surface area (Å²) in [6.45, 7) is 7.88. The van der Waals surface area contributed by atoms with Crippen LogP contribution in [0.5, 0.6) is 5.75 Å². The van der Waals surface area contributed by atoms with Crippen LogP contribution in [0.2, 0.25) is 0 Å². The first kappa shape index (κ1) is 20.7. The average molecular weight is 438 g/mol. The summed E-state index contributed by atoms with van der Waals surface area (Å²) in [4.78, 5) is 19.8. The van der Waals surface area contributed by atoms with Gasteiger partial charge in [0.15, 0.2) is 11.6 Å². The van der Waals surface area contributed by atoms with Crippen molar-refractivity contribution in [3.8, 4) is 5.75 Å². The maximum atomic E-state index is 13.1. The van der Waals surface area contributed by atoms with E-state index in [-0.39, 0.29) is 12.0 Å². The van der Waals surface area contributed by atoms with Crippen LogP contribution in [0.3, 0.4) is 0 Å². The number of fused-ring (bicyclic) bond motifs is 1. The van der Waals surface area contributed by atoms with E-state index >= 15 is 0 Å². The number of piperazine rings is 1. The second kappa shape index (κ2) is 8.71. The summed E-state index contributed by atoms with van der Waals surface area (Å²) >= 11 is 0. The van der Waals surface area contributed by atoms with Crippen molar-refractivity contribution in [1.29, 1.82) is 0 Å². The van der Waals surface area contributed by atoms with Gasteiger partial charge >= 0.3 is 0 Å². The lowest BCUT2D eigenvalue weighted by molar-refractivity contribution is 0.101. The topological polar surface area (TPSA) is 106 Å². The molecular formula is C22H27N7O3. The van der Waals surface area contributed by atoms with E-state index in [0.717, 1.165) is 43.2 Å². The van der Waals surface area contributed by atoms with Gasteiger partial charge in [-0.1, -0.05) is 0 Å². The quantitative estimate of drug-likeness (QED) is 0.621. The summed E-state index contributed by atoms with van der Waals surface area (Å²) in [5.41, 5.74) is 1.99. The van der Waals surface area contributed by atoms with Gasteiger partial charge in [-0.2, -0.15) is 0 Å². The van der Waals surface area contributed by atoms with Gasteiger partial charge < -0.3 is 29.4 Å². The van der Waals surface area contributed by atoms with E-state index in [9.17, 15) is 4.79 Å². The molecule has 1 unspecified atom stereocenters. The van der Waals surface area contributed by atoms with E-state index in [0.29, 0.717) is 36.4 Å². The molecule has 32 heavy (non-hydrogen) atoms. The molecule has 3 aromatic heterocycles. The normalized spacial score (nSPS) is 21.1. The molecule has 1 amide bonds. The van der Waals surface area contributed by atoms with Crippen molar-refractivity contribution in [1.82, 2.24) is 24.9 Å². The summed E-state index contributed by atoms with van der Waals surface area (Å²) in [7, 11) is 0. The van der Waals surface area contributed by atoms with Gasteiger partial charge in [-0.05, 0) is 26.0 Å². The second-order valence-corrected chi connectivity index (χ2v) is 8.33. The molecule has 2 aliphatic rings. The van der Waals surface area contributed by atoms with Crippen molar-refractivity contribution in [2.45, 2.75) is 32.4 Å². The highest BCUT2D eigenvalue weighted by Crippen LogP contribution is 2.25. The number of nitrogens with zero attached hydrogens (tertiary/aromatic N) is 5.